The van der Waals surface area contributed by atoms with Gasteiger partial charge in [0.05, 0.1) is 0 Å². The topological polar surface area (TPSA) is 52.0 Å². The molecule has 0 bridgehead atoms. The Bertz CT molecular complexity index is 462. The molecule has 1 aromatic carbocycles. The van der Waals surface area contributed by atoms with Crippen molar-refractivity contribution >= 4 is 11.1 Å². The predicted octanol–water partition coefficient (Wildman–Crippen LogP) is 2.27. The maximum Gasteiger partial charge on any atom is 0.192 e. The molecule has 2 aromatic rings. The normalized spacial score (nSPS) is 13.3. The fraction of sp³-hybridized carbons (Fsp3) is 0.417. The van der Waals surface area contributed by atoms with Gasteiger partial charge in [-0.2, -0.15) is 0 Å². The van der Waals surface area contributed by atoms with E-state index in [4.69, 9.17) is 10.2 Å². The van der Waals surface area contributed by atoms with Crippen molar-refractivity contribution in [2.75, 3.05) is 6.54 Å². The molecule has 0 aliphatic carbocycles. The Morgan fingerprint density at radius 3 is 3.00 bits per heavy atom. The summed E-state index contributed by atoms with van der Waals surface area (Å²) >= 11 is 0. The summed E-state index contributed by atoms with van der Waals surface area (Å²) in [5.41, 5.74) is 8.66. The molecule has 80 valence electrons. The van der Waals surface area contributed by atoms with Crippen LogP contribution in [-0.4, -0.2) is 11.5 Å². The smallest absolute Gasteiger partial charge is 0.192 e. The Morgan fingerprint density at radius 1 is 1.47 bits per heavy atom. The van der Waals surface area contributed by atoms with E-state index in [1.807, 2.05) is 13.0 Å². The summed E-state index contributed by atoms with van der Waals surface area (Å²) in [6.07, 6.45) is 0.992. The van der Waals surface area contributed by atoms with E-state index in [0.29, 0.717) is 18.4 Å². The van der Waals surface area contributed by atoms with Crippen LogP contribution in [0.5, 0.6) is 0 Å². The van der Waals surface area contributed by atoms with Crippen LogP contribution in [0.25, 0.3) is 11.1 Å². The number of hydrogen-bond acceptors (Lipinski definition) is 3. The standard InChI is InChI=1S/C12H16N2O/c1-8(7-13)5-10-3-4-11-12(6-10)15-9(2)14-11/h3-4,6,8H,5,7,13H2,1-2H3. The zero-order chi connectivity index (χ0) is 10.8. The molecular formula is C12H16N2O. The molecule has 0 fully saturated rings. The third-order valence-electron chi connectivity index (χ3n) is 2.55. The van der Waals surface area contributed by atoms with Gasteiger partial charge in [0.1, 0.15) is 5.52 Å². The second-order valence-electron chi connectivity index (χ2n) is 4.08. The molecule has 0 amide bonds. The van der Waals surface area contributed by atoms with Crippen molar-refractivity contribution in [3.05, 3.63) is 29.7 Å². The highest BCUT2D eigenvalue weighted by molar-refractivity contribution is 5.73. The minimum Gasteiger partial charge on any atom is -0.441 e. The highest BCUT2D eigenvalue weighted by Gasteiger charge is 2.05. The van der Waals surface area contributed by atoms with Crippen LogP contribution >= 0.6 is 0 Å². The molecule has 1 aromatic heterocycles. The SMILES string of the molecule is Cc1nc2ccc(CC(C)CN)cc2o1. The van der Waals surface area contributed by atoms with Crippen LogP contribution in [0.15, 0.2) is 22.6 Å². The van der Waals surface area contributed by atoms with Crippen molar-refractivity contribution < 1.29 is 4.42 Å². The van der Waals surface area contributed by atoms with E-state index in [1.165, 1.54) is 5.56 Å². The van der Waals surface area contributed by atoms with E-state index >= 15 is 0 Å². The first-order valence-corrected chi connectivity index (χ1v) is 5.25. The molecule has 1 atom stereocenters. The lowest BCUT2D eigenvalue weighted by Crippen LogP contribution is -2.12. The van der Waals surface area contributed by atoms with Gasteiger partial charge < -0.3 is 10.2 Å². The number of aryl methyl sites for hydroxylation is 1. The zero-order valence-electron chi connectivity index (χ0n) is 9.16. The molecule has 0 saturated heterocycles. The summed E-state index contributed by atoms with van der Waals surface area (Å²) in [7, 11) is 0. The second-order valence-corrected chi connectivity index (χ2v) is 4.08. The van der Waals surface area contributed by atoms with Gasteiger partial charge in [-0.25, -0.2) is 4.98 Å². The van der Waals surface area contributed by atoms with Gasteiger partial charge in [-0.3, -0.25) is 0 Å². The molecule has 3 heteroatoms. The first-order valence-electron chi connectivity index (χ1n) is 5.25. The molecule has 2 rings (SSSR count). The summed E-state index contributed by atoms with van der Waals surface area (Å²) < 4.78 is 5.48. The van der Waals surface area contributed by atoms with Gasteiger partial charge in [-0.1, -0.05) is 13.0 Å². The highest BCUT2D eigenvalue weighted by atomic mass is 16.3. The number of oxazole rings is 1. The molecule has 0 saturated carbocycles. The van der Waals surface area contributed by atoms with Gasteiger partial charge in [0, 0.05) is 6.92 Å². The van der Waals surface area contributed by atoms with Crippen LogP contribution in [0.4, 0.5) is 0 Å². The van der Waals surface area contributed by atoms with E-state index in [0.717, 1.165) is 17.5 Å². The van der Waals surface area contributed by atoms with Gasteiger partial charge in [-0.05, 0) is 36.6 Å². The molecule has 0 aliphatic heterocycles. The van der Waals surface area contributed by atoms with Crippen LogP contribution < -0.4 is 5.73 Å². The molecule has 0 spiro atoms. The fourth-order valence-corrected chi connectivity index (χ4v) is 1.70. The minimum atomic E-state index is 0.506. The lowest BCUT2D eigenvalue weighted by molar-refractivity contribution is 0.559. The molecule has 2 N–H and O–H groups in total. The fourth-order valence-electron chi connectivity index (χ4n) is 1.70. The van der Waals surface area contributed by atoms with Crippen molar-refractivity contribution in [1.82, 2.24) is 4.98 Å². The van der Waals surface area contributed by atoms with Gasteiger partial charge >= 0.3 is 0 Å². The van der Waals surface area contributed by atoms with Crippen LogP contribution in [0, 0.1) is 12.8 Å². The summed E-state index contributed by atoms with van der Waals surface area (Å²) in [6.45, 7) is 4.73. The molecular weight excluding hydrogens is 188 g/mol. The van der Waals surface area contributed by atoms with Gasteiger partial charge in [-0.15, -0.1) is 0 Å². The average molecular weight is 204 g/mol. The Hall–Kier alpha value is -1.35. The van der Waals surface area contributed by atoms with Crippen molar-refractivity contribution in [2.45, 2.75) is 20.3 Å². The molecule has 15 heavy (non-hydrogen) atoms. The van der Waals surface area contributed by atoms with Crippen molar-refractivity contribution in [3.63, 3.8) is 0 Å². The lowest BCUT2D eigenvalue weighted by Gasteiger charge is -2.07. The summed E-state index contributed by atoms with van der Waals surface area (Å²) in [5, 5.41) is 0. The third-order valence-corrected chi connectivity index (χ3v) is 2.55. The number of aromatic nitrogens is 1. The Kier molecular flexibility index (Phi) is 2.73. The zero-order valence-corrected chi connectivity index (χ0v) is 9.16. The number of benzene rings is 1. The Labute approximate surface area is 89.3 Å². The van der Waals surface area contributed by atoms with Crippen LogP contribution in [0.3, 0.4) is 0 Å². The van der Waals surface area contributed by atoms with Crippen molar-refractivity contribution in [1.29, 1.82) is 0 Å². The second kappa shape index (κ2) is 4.03. The molecule has 1 heterocycles. The van der Waals surface area contributed by atoms with Crippen LogP contribution in [0.2, 0.25) is 0 Å². The van der Waals surface area contributed by atoms with E-state index in [9.17, 15) is 0 Å². The van der Waals surface area contributed by atoms with Gasteiger partial charge in [0.2, 0.25) is 0 Å². The first-order chi connectivity index (χ1) is 7.19. The Balaban J connectivity index is 2.30. The number of nitrogens with two attached hydrogens (primary N) is 1. The first kappa shape index (κ1) is 10.2. The largest absolute Gasteiger partial charge is 0.441 e. The minimum absolute atomic E-state index is 0.506. The maximum atomic E-state index is 5.60. The van der Waals surface area contributed by atoms with E-state index in [2.05, 4.69) is 24.0 Å². The number of hydrogen-bond donors (Lipinski definition) is 1. The van der Waals surface area contributed by atoms with Gasteiger partial charge in [0.25, 0.3) is 0 Å². The molecule has 0 radical (unpaired) electrons. The summed E-state index contributed by atoms with van der Waals surface area (Å²) in [6, 6.07) is 6.16. The van der Waals surface area contributed by atoms with Crippen molar-refractivity contribution in [2.24, 2.45) is 11.7 Å². The van der Waals surface area contributed by atoms with Crippen molar-refractivity contribution in [3.8, 4) is 0 Å². The van der Waals surface area contributed by atoms with Crippen LogP contribution in [0.1, 0.15) is 18.4 Å². The third kappa shape index (κ3) is 2.18. The maximum absolute atomic E-state index is 5.60. The summed E-state index contributed by atoms with van der Waals surface area (Å²) in [5.74, 6) is 1.22. The van der Waals surface area contributed by atoms with Crippen LogP contribution in [-0.2, 0) is 6.42 Å². The molecule has 1 unspecified atom stereocenters. The summed E-state index contributed by atoms with van der Waals surface area (Å²) in [4.78, 5) is 4.26. The molecule has 3 nitrogen and oxygen atoms in total. The van der Waals surface area contributed by atoms with E-state index < -0.39 is 0 Å². The quantitative estimate of drug-likeness (QED) is 0.834. The Morgan fingerprint density at radius 2 is 2.27 bits per heavy atom. The monoisotopic (exact) mass is 204 g/mol. The van der Waals surface area contributed by atoms with E-state index in [-0.39, 0.29) is 0 Å². The lowest BCUT2D eigenvalue weighted by atomic mass is 10.0. The number of fused-ring (bicyclic) bond motifs is 1. The number of nitrogens with zero attached hydrogens (tertiary/aromatic N) is 1. The predicted molar refractivity (Wildman–Crippen MR) is 60.7 cm³/mol. The average Bonchev–Trinajstić information content (AvgIpc) is 2.57. The van der Waals surface area contributed by atoms with Gasteiger partial charge in [0.15, 0.2) is 11.5 Å². The number of rotatable bonds is 3. The highest BCUT2D eigenvalue weighted by Crippen LogP contribution is 2.18. The van der Waals surface area contributed by atoms with E-state index in [1.54, 1.807) is 0 Å². The molecule has 0 aliphatic rings.